The minimum Gasteiger partial charge on any atom is -0.325 e. The van der Waals surface area contributed by atoms with Crippen molar-refractivity contribution in [2.24, 2.45) is 5.73 Å². The summed E-state index contributed by atoms with van der Waals surface area (Å²) >= 11 is 6.21. The van der Waals surface area contributed by atoms with Gasteiger partial charge in [-0.2, -0.15) is 5.10 Å². The molecule has 0 saturated heterocycles. The third-order valence-electron chi connectivity index (χ3n) is 2.64. The van der Waals surface area contributed by atoms with Crippen LogP contribution in [0.25, 0.3) is 0 Å². The van der Waals surface area contributed by atoms with Crippen molar-refractivity contribution in [1.29, 1.82) is 0 Å². The van der Waals surface area contributed by atoms with Gasteiger partial charge in [-0.05, 0) is 27.2 Å². The molecule has 0 spiro atoms. The summed E-state index contributed by atoms with van der Waals surface area (Å²) in [5, 5.41) is 4.78. The molecule has 1 rings (SSSR count). The van der Waals surface area contributed by atoms with Gasteiger partial charge in [0, 0.05) is 12.1 Å². The molecule has 0 saturated carbocycles. The maximum atomic E-state index is 12.2. The van der Waals surface area contributed by atoms with E-state index >= 15 is 0 Å². The van der Waals surface area contributed by atoms with Crippen LogP contribution in [-0.2, 0) is 28.6 Å². The standard InChI is InChI=1S/C12H22ClN3O2S/c1-5-9-11(13)10(16(6-2)15-9)7-19(17,18)8-12(3,4)14/h5-8,14H2,1-4H3. The summed E-state index contributed by atoms with van der Waals surface area (Å²) in [5.41, 5.74) is 6.32. The fraction of sp³-hybridized carbons (Fsp3) is 0.750. The molecular formula is C12H22ClN3O2S. The van der Waals surface area contributed by atoms with Crippen LogP contribution in [0.3, 0.4) is 0 Å². The van der Waals surface area contributed by atoms with Gasteiger partial charge in [0.2, 0.25) is 0 Å². The zero-order valence-corrected chi connectivity index (χ0v) is 13.5. The number of hydrogen-bond donors (Lipinski definition) is 1. The summed E-state index contributed by atoms with van der Waals surface area (Å²) in [6.45, 7) is 7.83. The number of sulfone groups is 1. The lowest BCUT2D eigenvalue weighted by molar-refractivity contribution is 0.540. The molecule has 2 N–H and O–H groups in total. The quantitative estimate of drug-likeness (QED) is 0.869. The number of nitrogens with zero attached hydrogens (tertiary/aromatic N) is 2. The molecule has 0 amide bonds. The van der Waals surface area contributed by atoms with E-state index in [2.05, 4.69) is 5.10 Å². The largest absolute Gasteiger partial charge is 0.325 e. The van der Waals surface area contributed by atoms with Crippen LogP contribution in [0.5, 0.6) is 0 Å². The third-order valence-corrected chi connectivity index (χ3v) is 4.98. The Balaban J connectivity index is 3.09. The lowest BCUT2D eigenvalue weighted by atomic mass is 10.1. The Bertz CT molecular complexity index is 544. The summed E-state index contributed by atoms with van der Waals surface area (Å²) in [5.74, 6) is -0.194. The Morgan fingerprint density at radius 3 is 2.37 bits per heavy atom. The highest BCUT2D eigenvalue weighted by atomic mass is 35.5. The van der Waals surface area contributed by atoms with Crippen molar-refractivity contribution in [3.63, 3.8) is 0 Å². The van der Waals surface area contributed by atoms with Crippen molar-refractivity contribution >= 4 is 21.4 Å². The van der Waals surface area contributed by atoms with Crippen LogP contribution < -0.4 is 5.73 Å². The third kappa shape index (κ3) is 4.47. The van der Waals surface area contributed by atoms with Gasteiger partial charge < -0.3 is 5.73 Å². The fourth-order valence-electron chi connectivity index (χ4n) is 1.98. The zero-order valence-electron chi connectivity index (χ0n) is 11.9. The summed E-state index contributed by atoms with van der Waals surface area (Å²) in [4.78, 5) is 0. The smallest absolute Gasteiger partial charge is 0.157 e. The average Bonchev–Trinajstić information content (AvgIpc) is 2.52. The Morgan fingerprint density at radius 2 is 1.95 bits per heavy atom. The predicted molar refractivity (Wildman–Crippen MR) is 78.0 cm³/mol. The molecule has 110 valence electrons. The Hall–Kier alpha value is -0.590. The number of halogens is 1. The first-order valence-electron chi connectivity index (χ1n) is 6.33. The second kappa shape index (κ2) is 5.81. The van der Waals surface area contributed by atoms with E-state index < -0.39 is 15.4 Å². The van der Waals surface area contributed by atoms with Crippen molar-refractivity contribution in [2.75, 3.05) is 5.75 Å². The van der Waals surface area contributed by atoms with E-state index in [1.54, 1.807) is 18.5 Å². The van der Waals surface area contributed by atoms with Gasteiger partial charge in [0.15, 0.2) is 9.84 Å². The molecule has 0 aliphatic rings. The highest BCUT2D eigenvalue weighted by Gasteiger charge is 2.26. The number of rotatable bonds is 6. The van der Waals surface area contributed by atoms with Crippen LogP contribution in [-0.4, -0.2) is 29.5 Å². The number of hydrogen-bond acceptors (Lipinski definition) is 4. The van der Waals surface area contributed by atoms with Gasteiger partial charge in [-0.3, -0.25) is 4.68 Å². The number of aromatic nitrogens is 2. The average molecular weight is 308 g/mol. The summed E-state index contributed by atoms with van der Waals surface area (Å²) in [6.07, 6.45) is 0.682. The highest BCUT2D eigenvalue weighted by Crippen LogP contribution is 2.24. The molecule has 0 aliphatic heterocycles. The SMILES string of the molecule is CCc1nn(CC)c(CS(=O)(=O)CC(C)(C)N)c1Cl. The van der Waals surface area contributed by atoms with E-state index in [1.807, 2.05) is 13.8 Å². The van der Waals surface area contributed by atoms with Crippen molar-refractivity contribution in [3.05, 3.63) is 16.4 Å². The minimum absolute atomic E-state index is 0.0767. The number of nitrogens with two attached hydrogens (primary N) is 1. The van der Waals surface area contributed by atoms with Gasteiger partial charge in [-0.1, -0.05) is 18.5 Å². The molecule has 0 unspecified atom stereocenters. The molecule has 7 heteroatoms. The molecular weight excluding hydrogens is 286 g/mol. The number of aryl methyl sites for hydroxylation is 2. The molecule has 1 aromatic rings. The monoisotopic (exact) mass is 307 g/mol. The maximum absolute atomic E-state index is 12.2. The molecule has 0 fully saturated rings. The molecule has 0 bridgehead atoms. The van der Waals surface area contributed by atoms with Gasteiger partial charge >= 0.3 is 0 Å². The van der Waals surface area contributed by atoms with Crippen LogP contribution in [0.2, 0.25) is 5.02 Å². The van der Waals surface area contributed by atoms with Crippen LogP contribution in [0.15, 0.2) is 0 Å². The first-order valence-corrected chi connectivity index (χ1v) is 8.53. The summed E-state index contributed by atoms with van der Waals surface area (Å²) in [7, 11) is -3.31. The minimum atomic E-state index is -3.31. The van der Waals surface area contributed by atoms with Gasteiger partial charge in [0.25, 0.3) is 0 Å². The molecule has 5 nitrogen and oxygen atoms in total. The van der Waals surface area contributed by atoms with Crippen molar-refractivity contribution < 1.29 is 8.42 Å². The van der Waals surface area contributed by atoms with Gasteiger partial charge in [-0.25, -0.2) is 8.42 Å². The van der Waals surface area contributed by atoms with E-state index in [9.17, 15) is 8.42 Å². The summed E-state index contributed by atoms with van der Waals surface area (Å²) < 4.78 is 26.0. The summed E-state index contributed by atoms with van der Waals surface area (Å²) in [6, 6.07) is 0. The van der Waals surface area contributed by atoms with Gasteiger partial charge in [0.1, 0.15) is 0 Å². The second-order valence-electron chi connectivity index (χ2n) is 5.40. The van der Waals surface area contributed by atoms with Crippen LogP contribution in [0.4, 0.5) is 0 Å². The maximum Gasteiger partial charge on any atom is 0.157 e. The topological polar surface area (TPSA) is 78.0 Å². The van der Waals surface area contributed by atoms with E-state index in [-0.39, 0.29) is 11.5 Å². The molecule has 19 heavy (non-hydrogen) atoms. The van der Waals surface area contributed by atoms with E-state index in [0.29, 0.717) is 23.7 Å². The Kier molecular flexibility index (Phi) is 5.03. The Morgan fingerprint density at radius 1 is 1.37 bits per heavy atom. The highest BCUT2D eigenvalue weighted by molar-refractivity contribution is 7.90. The van der Waals surface area contributed by atoms with Gasteiger partial charge in [-0.15, -0.1) is 0 Å². The predicted octanol–water partition coefficient (Wildman–Crippen LogP) is 1.77. The van der Waals surface area contributed by atoms with Crippen molar-refractivity contribution in [3.8, 4) is 0 Å². The lowest BCUT2D eigenvalue weighted by Gasteiger charge is -2.18. The molecule has 1 heterocycles. The van der Waals surface area contributed by atoms with E-state index in [1.165, 1.54) is 0 Å². The van der Waals surface area contributed by atoms with E-state index in [4.69, 9.17) is 17.3 Å². The Labute approximate surface area is 120 Å². The van der Waals surface area contributed by atoms with Crippen molar-refractivity contribution in [1.82, 2.24) is 9.78 Å². The van der Waals surface area contributed by atoms with Crippen LogP contribution >= 0.6 is 11.6 Å². The molecule has 0 radical (unpaired) electrons. The van der Waals surface area contributed by atoms with Crippen molar-refractivity contribution in [2.45, 2.75) is 52.0 Å². The molecule has 1 aromatic heterocycles. The molecule has 0 aromatic carbocycles. The normalized spacial score (nSPS) is 12.9. The van der Waals surface area contributed by atoms with Gasteiger partial charge in [0.05, 0.1) is 27.9 Å². The second-order valence-corrected chi connectivity index (χ2v) is 7.84. The molecule has 0 atom stereocenters. The fourth-order valence-corrected chi connectivity index (χ4v) is 4.34. The first kappa shape index (κ1) is 16.5. The van der Waals surface area contributed by atoms with Crippen LogP contribution in [0.1, 0.15) is 39.1 Å². The zero-order chi connectivity index (χ0) is 14.8. The lowest BCUT2D eigenvalue weighted by Crippen LogP contribution is -2.40. The van der Waals surface area contributed by atoms with E-state index in [0.717, 1.165) is 5.69 Å². The molecule has 0 aliphatic carbocycles. The van der Waals surface area contributed by atoms with Crippen LogP contribution in [0, 0.1) is 0 Å². The first-order chi connectivity index (χ1) is 8.59.